The van der Waals surface area contributed by atoms with Gasteiger partial charge in [0.2, 0.25) is 12.1 Å². The van der Waals surface area contributed by atoms with E-state index in [0.717, 1.165) is 14.2 Å². The molecule has 0 bridgehead atoms. The molecular weight excluding hydrogens is 417 g/mol. The van der Waals surface area contributed by atoms with E-state index in [-0.39, 0.29) is 12.8 Å². The highest BCUT2D eigenvalue weighted by atomic mass is 19.4. The summed E-state index contributed by atoms with van der Waals surface area (Å²) in [4.78, 5) is 28.6. The van der Waals surface area contributed by atoms with Crippen molar-refractivity contribution < 1.29 is 46.1 Å². The average Bonchev–Trinajstić information content (AvgIpc) is 2.65. The number of rotatable bonds is 6. The molecule has 0 fully saturated rings. The number of alkyl halides is 5. The van der Waals surface area contributed by atoms with E-state index >= 15 is 0 Å². The van der Waals surface area contributed by atoms with E-state index in [4.69, 9.17) is 9.47 Å². The minimum Gasteiger partial charge on any atom is -0.511 e. The molecule has 1 aliphatic rings. The highest BCUT2D eigenvalue weighted by molar-refractivity contribution is 6.27. The molecule has 6 nitrogen and oxygen atoms in total. The molecule has 1 aromatic heterocycles. The number of carbonyl (C=O) groups excluding carboxylic acids is 2. The Bertz CT molecular complexity index is 888. The number of ketones is 2. The van der Waals surface area contributed by atoms with Gasteiger partial charge in [-0.2, -0.15) is 22.0 Å². The van der Waals surface area contributed by atoms with Gasteiger partial charge < -0.3 is 14.6 Å². The van der Waals surface area contributed by atoms with Crippen LogP contribution in [0.15, 0.2) is 23.5 Å². The summed E-state index contributed by atoms with van der Waals surface area (Å²) in [7, 11) is 2.12. The van der Waals surface area contributed by atoms with Crippen LogP contribution in [0.2, 0.25) is 0 Å². The first-order valence-corrected chi connectivity index (χ1v) is 8.72. The molecule has 1 aliphatic carbocycles. The van der Waals surface area contributed by atoms with Gasteiger partial charge in [-0.1, -0.05) is 13.8 Å². The largest absolute Gasteiger partial charge is 0.511 e. The first-order chi connectivity index (χ1) is 13.7. The molecule has 166 valence electrons. The normalized spacial score (nSPS) is 17.6. The Morgan fingerprint density at radius 2 is 1.73 bits per heavy atom. The van der Waals surface area contributed by atoms with Crippen LogP contribution in [0, 0.1) is 5.41 Å². The lowest BCUT2D eigenvalue weighted by molar-refractivity contribution is -0.291. The predicted octanol–water partition coefficient (Wildman–Crippen LogP) is 4.41. The molecule has 11 heteroatoms. The maximum absolute atomic E-state index is 13.8. The third kappa shape index (κ3) is 4.08. The highest BCUT2D eigenvalue weighted by Gasteiger charge is 2.60. The van der Waals surface area contributed by atoms with Crippen molar-refractivity contribution >= 4 is 11.6 Å². The lowest BCUT2D eigenvalue weighted by Crippen LogP contribution is -2.35. The molecule has 0 aliphatic heterocycles. The Labute approximate surface area is 168 Å². The number of allylic oxidation sites excluding steroid dienone is 2. The zero-order valence-corrected chi connectivity index (χ0v) is 16.6. The molecule has 30 heavy (non-hydrogen) atoms. The molecule has 0 radical (unpaired) electrons. The standard InChI is InChI=1S/C19H20F5NO5/c1-17(2)8-7-10(26)12(15(17)28)14(27)9-5-6-11(18(20,21)19(22,23)24)25-13(9)16(29-3)30-4/h5-6,16,28H,7-8H2,1-4H3. The molecule has 1 N–H and O–H groups in total. The molecule has 2 rings (SSSR count). The van der Waals surface area contributed by atoms with Crippen molar-refractivity contribution in [3.63, 3.8) is 0 Å². The summed E-state index contributed by atoms with van der Waals surface area (Å²) >= 11 is 0. The third-order valence-corrected chi connectivity index (χ3v) is 4.86. The number of hydrogen-bond acceptors (Lipinski definition) is 6. The molecule has 0 unspecified atom stereocenters. The fourth-order valence-electron chi connectivity index (χ4n) is 2.99. The summed E-state index contributed by atoms with van der Waals surface area (Å²) in [6.07, 6.45) is -7.29. The van der Waals surface area contributed by atoms with E-state index in [1.54, 1.807) is 13.8 Å². The molecule has 1 heterocycles. The van der Waals surface area contributed by atoms with Crippen molar-refractivity contribution in [1.82, 2.24) is 4.98 Å². The van der Waals surface area contributed by atoms with E-state index in [1.165, 1.54) is 0 Å². The summed E-state index contributed by atoms with van der Waals surface area (Å²) in [5, 5.41) is 10.4. The molecule has 0 spiro atoms. The monoisotopic (exact) mass is 437 g/mol. The highest BCUT2D eigenvalue weighted by Crippen LogP contribution is 2.44. The number of methoxy groups -OCH3 is 2. The van der Waals surface area contributed by atoms with Gasteiger partial charge in [-0.05, 0) is 18.6 Å². The number of Topliss-reactive ketones (excluding diaryl/α,β-unsaturated/α-hetero) is 2. The zero-order chi connectivity index (χ0) is 23.1. The van der Waals surface area contributed by atoms with Crippen molar-refractivity contribution in [1.29, 1.82) is 0 Å². The lowest BCUT2D eigenvalue weighted by Gasteiger charge is -2.30. The van der Waals surface area contributed by atoms with Crippen LogP contribution in [0.1, 0.15) is 54.7 Å². The molecular formula is C19H20F5NO5. The SMILES string of the molecule is COC(OC)c1nc(C(F)(F)C(F)(F)F)ccc1C(=O)C1=C(O)C(C)(C)CCC1=O. The molecule has 0 aromatic carbocycles. The maximum atomic E-state index is 13.8. The van der Waals surface area contributed by atoms with Gasteiger partial charge in [0.25, 0.3) is 0 Å². The topological polar surface area (TPSA) is 85.7 Å². The van der Waals surface area contributed by atoms with Crippen molar-refractivity contribution in [3.8, 4) is 0 Å². The lowest BCUT2D eigenvalue weighted by atomic mass is 9.75. The Kier molecular flexibility index (Phi) is 6.39. The van der Waals surface area contributed by atoms with Gasteiger partial charge in [0.15, 0.2) is 5.78 Å². The van der Waals surface area contributed by atoms with Crippen LogP contribution in [-0.4, -0.2) is 42.1 Å². The molecule has 0 saturated carbocycles. The molecule has 1 aromatic rings. The first-order valence-electron chi connectivity index (χ1n) is 8.72. The van der Waals surface area contributed by atoms with Gasteiger partial charge in [-0.25, -0.2) is 4.98 Å². The number of carbonyl (C=O) groups is 2. The maximum Gasteiger partial charge on any atom is 0.459 e. The summed E-state index contributed by atoms with van der Waals surface area (Å²) in [6.45, 7) is 3.20. The number of nitrogens with zero attached hydrogens (tertiary/aromatic N) is 1. The minimum atomic E-state index is -5.93. The Morgan fingerprint density at radius 1 is 1.17 bits per heavy atom. The zero-order valence-electron chi connectivity index (χ0n) is 16.6. The van der Waals surface area contributed by atoms with Crippen LogP contribution in [0.25, 0.3) is 0 Å². The van der Waals surface area contributed by atoms with Crippen molar-refractivity contribution in [2.75, 3.05) is 14.2 Å². The van der Waals surface area contributed by atoms with Gasteiger partial charge in [0.1, 0.15) is 22.7 Å². The quantitative estimate of drug-likeness (QED) is 0.307. The van der Waals surface area contributed by atoms with Gasteiger partial charge in [-0.3, -0.25) is 9.59 Å². The number of aromatic nitrogens is 1. The van der Waals surface area contributed by atoms with E-state index < -0.39 is 63.7 Å². The van der Waals surface area contributed by atoms with E-state index in [1.807, 2.05) is 0 Å². The average molecular weight is 437 g/mol. The molecule has 0 amide bonds. The van der Waals surface area contributed by atoms with E-state index in [2.05, 4.69) is 4.98 Å². The predicted molar refractivity (Wildman–Crippen MR) is 93.0 cm³/mol. The van der Waals surface area contributed by atoms with Crippen LogP contribution in [0.5, 0.6) is 0 Å². The Balaban J connectivity index is 2.71. The van der Waals surface area contributed by atoms with Crippen molar-refractivity contribution in [3.05, 3.63) is 40.4 Å². The number of hydrogen-bond donors (Lipinski definition) is 1. The Morgan fingerprint density at radius 3 is 2.23 bits per heavy atom. The van der Waals surface area contributed by atoms with Crippen LogP contribution in [0.3, 0.4) is 0 Å². The summed E-state index contributed by atoms with van der Waals surface area (Å²) in [5.74, 6) is -7.56. The molecule has 0 atom stereocenters. The number of pyridine rings is 1. The van der Waals surface area contributed by atoms with Crippen LogP contribution in [-0.2, 0) is 20.2 Å². The van der Waals surface area contributed by atoms with Crippen LogP contribution in [0.4, 0.5) is 22.0 Å². The minimum absolute atomic E-state index is 0.0525. The number of halogens is 5. The second kappa shape index (κ2) is 8.03. The number of ether oxygens (including phenoxy) is 2. The van der Waals surface area contributed by atoms with Crippen LogP contribution < -0.4 is 0 Å². The number of aliphatic hydroxyl groups is 1. The van der Waals surface area contributed by atoms with E-state index in [0.29, 0.717) is 12.1 Å². The summed E-state index contributed by atoms with van der Waals surface area (Å²) in [5.41, 5.74) is -4.33. The first kappa shape index (κ1) is 23.9. The summed E-state index contributed by atoms with van der Waals surface area (Å²) < 4.78 is 75.6. The fourth-order valence-corrected chi connectivity index (χ4v) is 2.99. The van der Waals surface area contributed by atoms with Gasteiger partial charge >= 0.3 is 12.1 Å². The van der Waals surface area contributed by atoms with Crippen molar-refractivity contribution in [2.24, 2.45) is 5.41 Å². The van der Waals surface area contributed by atoms with Gasteiger partial charge in [0.05, 0.1) is 0 Å². The van der Waals surface area contributed by atoms with Gasteiger partial charge in [-0.15, -0.1) is 0 Å². The third-order valence-electron chi connectivity index (χ3n) is 4.86. The van der Waals surface area contributed by atoms with Crippen molar-refractivity contribution in [2.45, 2.75) is 45.1 Å². The molecule has 0 saturated heterocycles. The second-order valence-electron chi connectivity index (χ2n) is 7.36. The van der Waals surface area contributed by atoms with Crippen LogP contribution >= 0.6 is 0 Å². The van der Waals surface area contributed by atoms with Gasteiger partial charge in [0, 0.05) is 31.6 Å². The fraction of sp³-hybridized carbons (Fsp3) is 0.526. The smallest absolute Gasteiger partial charge is 0.459 e. The Hall–Kier alpha value is -2.40. The summed E-state index contributed by atoms with van der Waals surface area (Å²) in [6, 6.07) is 1.02. The van der Waals surface area contributed by atoms with E-state index in [9.17, 15) is 36.6 Å². The number of aliphatic hydroxyl groups excluding tert-OH is 1. The second-order valence-corrected chi connectivity index (χ2v) is 7.36.